The molecule has 0 fully saturated rings. The predicted octanol–water partition coefficient (Wildman–Crippen LogP) is 19.2. The summed E-state index contributed by atoms with van der Waals surface area (Å²) < 4.78 is 2.64. The van der Waals surface area contributed by atoms with E-state index < -0.39 is 0 Å². The minimum atomic E-state index is 1.21. The lowest BCUT2D eigenvalue weighted by Crippen LogP contribution is -1.97. The molecule has 310 valence electrons. The van der Waals surface area contributed by atoms with Crippen molar-refractivity contribution in [2.45, 2.75) is 0 Å². The minimum Gasteiger partial charge on any atom is -0.135 e. The van der Waals surface area contributed by atoms with E-state index in [0.717, 1.165) is 0 Å². The lowest BCUT2D eigenvalue weighted by molar-refractivity contribution is 1.59. The van der Waals surface area contributed by atoms with Gasteiger partial charge in [0, 0.05) is 25.7 Å². The Labute approximate surface area is 393 Å². The molecule has 0 amide bonds. The van der Waals surface area contributed by atoms with E-state index in [0.29, 0.717) is 0 Å². The van der Waals surface area contributed by atoms with E-state index in [4.69, 9.17) is 0 Å². The number of thiophene rings is 1. The monoisotopic (exact) mass is 864 g/mol. The average molecular weight is 865 g/mol. The van der Waals surface area contributed by atoms with Crippen molar-refractivity contribution < 1.29 is 0 Å². The van der Waals surface area contributed by atoms with Crippen molar-refractivity contribution in [3.8, 4) is 89.0 Å². The molecule has 1 aliphatic carbocycles. The second kappa shape index (κ2) is 15.1. The van der Waals surface area contributed by atoms with E-state index >= 15 is 0 Å². The Balaban J connectivity index is 1.13. The lowest BCUT2D eigenvalue weighted by atomic mass is 9.78. The van der Waals surface area contributed by atoms with Gasteiger partial charge in [-0.15, -0.1) is 11.3 Å². The van der Waals surface area contributed by atoms with E-state index in [1.165, 1.54) is 142 Å². The summed E-state index contributed by atoms with van der Waals surface area (Å²) in [6, 6.07) is 90.2. The van der Waals surface area contributed by atoms with Crippen LogP contribution in [0.15, 0.2) is 243 Å². The summed E-state index contributed by atoms with van der Waals surface area (Å²) in [7, 11) is 0. The summed E-state index contributed by atoms with van der Waals surface area (Å²) in [4.78, 5) is 0. The van der Waals surface area contributed by atoms with Gasteiger partial charge < -0.3 is 0 Å². The number of hydrogen-bond donors (Lipinski definition) is 0. The molecule has 0 nitrogen and oxygen atoms in total. The summed E-state index contributed by atoms with van der Waals surface area (Å²) in [5, 5.41) is 10.3. The SMILES string of the molecule is c1ccc(-c2ccc3sc4c(-c5ccc6c7c(cccc57)-c5c-6c(-c6ccccc6)c6c(-c7ccccc7)ccc(-c7ccccc7)c6c5-c5ccccc5)cc5ccccc5c4c3c2)cc1. The second-order valence-electron chi connectivity index (χ2n) is 17.8. The van der Waals surface area contributed by atoms with Gasteiger partial charge in [0.25, 0.3) is 0 Å². The first-order valence-corrected chi connectivity index (χ1v) is 24.0. The number of benzene rings is 12. The summed E-state index contributed by atoms with van der Waals surface area (Å²) in [5.41, 5.74) is 20.1. The molecule has 0 aliphatic heterocycles. The van der Waals surface area contributed by atoms with Crippen LogP contribution in [-0.2, 0) is 0 Å². The fourth-order valence-corrected chi connectivity index (χ4v) is 12.6. The lowest BCUT2D eigenvalue weighted by Gasteiger charge is -2.25. The zero-order valence-corrected chi connectivity index (χ0v) is 37.3. The number of hydrogen-bond acceptors (Lipinski definition) is 1. The third-order valence-corrected chi connectivity index (χ3v) is 15.4. The summed E-state index contributed by atoms with van der Waals surface area (Å²) in [6.07, 6.45) is 0. The van der Waals surface area contributed by atoms with Crippen LogP contribution in [0.5, 0.6) is 0 Å². The minimum absolute atomic E-state index is 1.21. The van der Waals surface area contributed by atoms with Gasteiger partial charge in [-0.2, -0.15) is 0 Å². The molecule has 67 heavy (non-hydrogen) atoms. The first-order chi connectivity index (χ1) is 33.3. The molecule has 1 aromatic heterocycles. The Morgan fingerprint density at radius 2 is 0.701 bits per heavy atom. The van der Waals surface area contributed by atoms with Gasteiger partial charge in [0.05, 0.1) is 0 Å². The van der Waals surface area contributed by atoms with Crippen LogP contribution < -0.4 is 0 Å². The molecule has 1 heteroatoms. The summed E-state index contributed by atoms with van der Waals surface area (Å²) in [6.45, 7) is 0. The highest BCUT2D eigenvalue weighted by Gasteiger charge is 2.33. The molecule has 1 aliphatic rings. The third-order valence-electron chi connectivity index (χ3n) is 14.2. The van der Waals surface area contributed by atoms with Gasteiger partial charge in [0.2, 0.25) is 0 Å². The van der Waals surface area contributed by atoms with Gasteiger partial charge in [-0.3, -0.25) is 0 Å². The Kier molecular flexibility index (Phi) is 8.56. The second-order valence-corrected chi connectivity index (χ2v) is 18.8. The van der Waals surface area contributed by atoms with Gasteiger partial charge >= 0.3 is 0 Å². The molecule has 0 radical (unpaired) electrons. The van der Waals surface area contributed by atoms with Crippen molar-refractivity contribution in [3.63, 3.8) is 0 Å². The Morgan fingerprint density at radius 3 is 1.30 bits per heavy atom. The third kappa shape index (κ3) is 5.78. The van der Waals surface area contributed by atoms with Crippen molar-refractivity contribution in [1.82, 2.24) is 0 Å². The molecule has 0 atom stereocenters. The van der Waals surface area contributed by atoms with Crippen LogP contribution in [0.1, 0.15) is 0 Å². The van der Waals surface area contributed by atoms with Crippen molar-refractivity contribution in [3.05, 3.63) is 243 Å². The van der Waals surface area contributed by atoms with Gasteiger partial charge in [-0.05, 0) is 134 Å². The quantitative estimate of drug-likeness (QED) is 0.156. The standard InChI is InChI=1S/C66H40S/c1-6-19-41(20-7-1)46-33-38-57-56(39-46)61-48-30-17-16-29-47(48)40-55(66(61)67-57)51-36-37-54-60-52(51)31-18-32-53(60)64-58(44-25-12-4-13-26-44)62-49(42-21-8-2-9-22-42)34-35-50(43-23-10-3-11-24-43)63(62)59(65(54)64)45-27-14-5-15-28-45/h1-40H. The molecule has 0 N–H and O–H groups in total. The maximum Gasteiger partial charge on any atom is 0.0440 e. The fraction of sp³-hybridized carbons (Fsp3) is 0. The van der Waals surface area contributed by atoms with Crippen LogP contribution in [0.3, 0.4) is 0 Å². The van der Waals surface area contributed by atoms with E-state index in [-0.39, 0.29) is 0 Å². The van der Waals surface area contributed by atoms with Crippen LogP contribution in [0.25, 0.3) is 142 Å². The molecule has 0 saturated carbocycles. The van der Waals surface area contributed by atoms with Crippen molar-refractivity contribution in [2.24, 2.45) is 0 Å². The highest BCUT2D eigenvalue weighted by Crippen LogP contribution is 2.61. The Hall–Kier alpha value is -8.36. The Morgan fingerprint density at radius 1 is 0.224 bits per heavy atom. The highest BCUT2D eigenvalue weighted by molar-refractivity contribution is 7.26. The highest BCUT2D eigenvalue weighted by atomic mass is 32.1. The summed E-state index contributed by atoms with van der Waals surface area (Å²) in [5.74, 6) is 0. The largest absolute Gasteiger partial charge is 0.135 e. The van der Waals surface area contributed by atoms with Gasteiger partial charge in [0.1, 0.15) is 0 Å². The topological polar surface area (TPSA) is 0 Å². The maximum absolute atomic E-state index is 2.45. The van der Waals surface area contributed by atoms with E-state index in [1.807, 2.05) is 11.3 Å². The molecule has 0 bridgehead atoms. The molecular formula is C66H40S. The molecule has 14 rings (SSSR count). The molecule has 12 aromatic carbocycles. The molecule has 0 spiro atoms. The smallest absolute Gasteiger partial charge is 0.0440 e. The van der Waals surface area contributed by atoms with Gasteiger partial charge in [-0.25, -0.2) is 0 Å². The molecule has 13 aromatic rings. The molecule has 0 saturated heterocycles. The van der Waals surface area contributed by atoms with Crippen LogP contribution >= 0.6 is 11.3 Å². The van der Waals surface area contributed by atoms with Crippen LogP contribution in [0.4, 0.5) is 0 Å². The van der Waals surface area contributed by atoms with Gasteiger partial charge in [-0.1, -0.05) is 224 Å². The average Bonchev–Trinajstić information content (AvgIpc) is 3.96. The first-order valence-electron chi connectivity index (χ1n) is 23.2. The molecule has 1 heterocycles. The van der Waals surface area contributed by atoms with Crippen molar-refractivity contribution in [1.29, 1.82) is 0 Å². The van der Waals surface area contributed by atoms with E-state index in [2.05, 4.69) is 243 Å². The molecular weight excluding hydrogens is 825 g/mol. The van der Waals surface area contributed by atoms with E-state index in [9.17, 15) is 0 Å². The van der Waals surface area contributed by atoms with E-state index in [1.54, 1.807) is 0 Å². The number of fused-ring (bicyclic) bond motifs is 9. The fourth-order valence-electron chi connectivity index (χ4n) is 11.4. The first kappa shape index (κ1) is 38.0. The Bertz CT molecular complexity index is 3960. The van der Waals surface area contributed by atoms with Crippen LogP contribution in [0, 0.1) is 0 Å². The van der Waals surface area contributed by atoms with Gasteiger partial charge in [0.15, 0.2) is 0 Å². The van der Waals surface area contributed by atoms with Crippen LogP contribution in [-0.4, -0.2) is 0 Å². The van der Waals surface area contributed by atoms with Crippen molar-refractivity contribution in [2.75, 3.05) is 0 Å². The predicted molar refractivity (Wildman–Crippen MR) is 289 cm³/mol. The van der Waals surface area contributed by atoms with Crippen molar-refractivity contribution >= 4 is 63.8 Å². The zero-order chi connectivity index (χ0) is 44.0. The maximum atomic E-state index is 2.45. The molecule has 0 unspecified atom stereocenters. The normalized spacial score (nSPS) is 11.9. The van der Waals surface area contributed by atoms with Crippen LogP contribution in [0.2, 0.25) is 0 Å². The zero-order valence-electron chi connectivity index (χ0n) is 36.5. The number of rotatable bonds is 6. The summed E-state index contributed by atoms with van der Waals surface area (Å²) >= 11 is 1.92.